The zero-order valence-electron chi connectivity index (χ0n) is 5.02. The van der Waals surface area contributed by atoms with Gasteiger partial charge in [0.25, 0.3) is 0 Å². The van der Waals surface area contributed by atoms with E-state index in [9.17, 15) is 0 Å². The average molecular weight is 113 g/mol. The minimum absolute atomic E-state index is 0.387. The Morgan fingerprint density at radius 1 is 1.88 bits per heavy atom. The predicted molar refractivity (Wildman–Crippen MR) is 32.1 cm³/mol. The summed E-state index contributed by atoms with van der Waals surface area (Å²) in [6.45, 7) is 1.72. The molecule has 0 aromatic rings. The Morgan fingerprint density at radius 3 is 2.62 bits per heavy atom. The van der Waals surface area contributed by atoms with Gasteiger partial charge in [0.15, 0.2) is 0 Å². The molecule has 0 spiro atoms. The van der Waals surface area contributed by atoms with Gasteiger partial charge >= 0.3 is 0 Å². The van der Waals surface area contributed by atoms with E-state index in [1.165, 1.54) is 5.70 Å². The molecular formula is C6H11NO. The first-order valence-corrected chi connectivity index (χ1v) is 2.92. The van der Waals surface area contributed by atoms with Gasteiger partial charge in [-0.1, -0.05) is 6.08 Å². The molecule has 8 heavy (non-hydrogen) atoms. The Kier molecular flexibility index (Phi) is 1.53. The minimum atomic E-state index is -0.387. The van der Waals surface area contributed by atoms with Crippen LogP contribution < -0.4 is 5.32 Å². The zero-order valence-corrected chi connectivity index (χ0v) is 5.02. The summed E-state index contributed by atoms with van der Waals surface area (Å²) in [7, 11) is 0. The highest BCUT2D eigenvalue weighted by molar-refractivity contribution is 5.09. The minimum Gasteiger partial charge on any atom is -0.374 e. The molecule has 0 heterocycles. The first-order valence-electron chi connectivity index (χ1n) is 2.92. The third-order valence-electron chi connectivity index (χ3n) is 1.20. The van der Waals surface area contributed by atoms with Gasteiger partial charge in [0.1, 0.15) is 6.23 Å². The standard InChI is InChI=1S/C6H11NO/c1-5(8)7-6-3-2-4-6/h3,5,7-8H,2,4H2,1H3. The van der Waals surface area contributed by atoms with E-state index in [1.54, 1.807) is 6.92 Å². The van der Waals surface area contributed by atoms with Gasteiger partial charge in [-0.2, -0.15) is 0 Å². The number of allylic oxidation sites excluding steroid dienone is 2. The molecule has 2 nitrogen and oxygen atoms in total. The normalized spacial score (nSPS) is 21.0. The zero-order chi connectivity index (χ0) is 5.98. The van der Waals surface area contributed by atoms with Gasteiger partial charge in [-0.15, -0.1) is 0 Å². The summed E-state index contributed by atoms with van der Waals surface area (Å²) < 4.78 is 0. The van der Waals surface area contributed by atoms with Gasteiger partial charge in [-0.3, -0.25) is 0 Å². The van der Waals surface area contributed by atoms with Crippen molar-refractivity contribution in [1.82, 2.24) is 5.32 Å². The van der Waals surface area contributed by atoms with Crippen LogP contribution in [0.25, 0.3) is 0 Å². The summed E-state index contributed by atoms with van der Waals surface area (Å²) in [4.78, 5) is 0. The molecule has 1 rings (SSSR count). The highest BCUT2D eigenvalue weighted by Gasteiger charge is 2.05. The highest BCUT2D eigenvalue weighted by atomic mass is 16.3. The Labute approximate surface area is 49.2 Å². The number of aliphatic hydroxyl groups is 1. The van der Waals surface area contributed by atoms with Crippen LogP contribution in [0.4, 0.5) is 0 Å². The topological polar surface area (TPSA) is 32.3 Å². The van der Waals surface area contributed by atoms with E-state index >= 15 is 0 Å². The first kappa shape index (κ1) is 5.63. The molecule has 0 aromatic carbocycles. The Hall–Kier alpha value is -0.500. The lowest BCUT2D eigenvalue weighted by atomic mass is 10.1. The van der Waals surface area contributed by atoms with E-state index in [4.69, 9.17) is 5.11 Å². The molecule has 0 bridgehead atoms. The van der Waals surface area contributed by atoms with Crippen molar-refractivity contribution in [2.45, 2.75) is 26.0 Å². The molecule has 0 fully saturated rings. The summed E-state index contributed by atoms with van der Waals surface area (Å²) in [5.74, 6) is 0. The van der Waals surface area contributed by atoms with Gasteiger partial charge in [-0.25, -0.2) is 0 Å². The molecule has 46 valence electrons. The quantitative estimate of drug-likeness (QED) is 0.514. The highest BCUT2D eigenvalue weighted by Crippen LogP contribution is 2.14. The van der Waals surface area contributed by atoms with E-state index in [1.807, 2.05) is 0 Å². The first-order chi connectivity index (χ1) is 3.79. The number of nitrogens with one attached hydrogen (secondary N) is 1. The van der Waals surface area contributed by atoms with Crippen molar-refractivity contribution in [2.75, 3.05) is 0 Å². The summed E-state index contributed by atoms with van der Waals surface area (Å²) >= 11 is 0. The largest absolute Gasteiger partial charge is 0.374 e. The molecule has 0 amide bonds. The molecule has 0 aromatic heterocycles. The maximum atomic E-state index is 8.74. The van der Waals surface area contributed by atoms with E-state index in [-0.39, 0.29) is 6.23 Å². The van der Waals surface area contributed by atoms with Gasteiger partial charge in [0.2, 0.25) is 0 Å². The SMILES string of the molecule is CC(O)NC1=CCC1. The van der Waals surface area contributed by atoms with E-state index in [0.29, 0.717) is 0 Å². The van der Waals surface area contributed by atoms with Gasteiger partial charge < -0.3 is 10.4 Å². The van der Waals surface area contributed by atoms with E-state index < -0.39 is 0 Å². The molecule has 2 N–H and O–H groups in total. The van der Waals surface area contributed by atoms with E-state index in [2.05, 4.69) is 11.4 Å². The summed E-state index contributed by atoms with van der Waals surface area (Å²) in [5.41, 5.74) is 1.18. The summed E-state index contributed by atoms with van der Waals surface area (Å²) in [6.07, 6.45) is 3.97. The number of hydrogen-bond donors (Lipinski definition) is 2. The molecule has 0 radical (unpaired) electrons. The fourth-order valence-electron chi connectivity index (χ4n) is 0.688. The Bertz CT molecular complexity index is 107. The molecule has 1 aliphatic carbocycles. The van der Waals surface area contributed by atoms with Crippen LogP contribution >= 0.6 is 0 Å². The second kappa shape index (κ2) is 2.18. The molecule has 0 aliphatic heterocycles. The lowest BCUT2D eigenvalue weighted by Crippen LogP contribution is -2.26. The second-order valence-corrected chi connectivity index (χ2v) is 2.09. The van der Waals surface area contributed by atoms with Gasteiger partial charge in [-0.05, 0) is 19.8 Å². The summed E-state index contributed by atoms with van der Waals surface area (Å²) in [5, 5.41) is 11.6. The Morgan fingerprint density at radius 2 is 2.50 bits per heavy atom. The van der Waals surface area contributed by atoms with Crippen molar-refractivity contribution < 1.29 is 5.11 Å². The Balaban J connectivity index is 2.19. The van der Waals surface area contributed by atoms with Crippen LogP contribution in [0.2, 0.25) is 0 Å². The maximum absolute atomic E-state index is 8.74. The van der Waals surface area contributed by atoms with Crippen LogP contribution in [-0.2, 0) is 0 Å². The fourth-order valence-corrected chi connectivity index (χ4v) is 0.688. The molecule has 1 aliphatic rings. The fraction of sp³-hybridized carbons (Fsp3) is 0.667. The molecule has 0 saturated heterocycles. The van der Waals surface area contributed by atoms with Crippen molar-refractivity contribution in [3.8, 4) is 0 Å². The number of rotatable bonds is 2. The van der Waals surface area contributed by atoms with Crippen molar-refractivity contribution in [3.05, 3.63) is 11.8 Å². The van der Waals surface area contributed by atoms with Crippen molar-refractivity contribution >= 4 is 0 Å². The molecule has 2 heteroatoms. The van der Waals surface area contributed by atoms with Crippen molar-refractivity contribution in [2.24, 2.45) is 0 Å². The third-order valence-corrected chi connectivity index (χ3v) is 1.20. The van der Waals surface area contributed by atoms with Crippen LogP contribution in [-0.4, -0.2) is 11.3 Å². The lowest BCUT2D eigenvalue weighted by molar-refractivity contribution is 0.166. The van der Waals surface area contributed by atoms with Crippen molar-refractivity contribution in [1.29, 1.82) is 0 Å². The van der Waals surface area contributed by atoms with Crippen molar-refractivity contribution in [3.63, 3.8) is 0 Å². The number of hydrogen-bond acceptors (Lipinski definition) is 2. The van der Waals surface area contributed by atoms with Crippen LogP contribution in [0.3, 0.4) is 0 Å². The summed E-state index contributed by atoms with van der Waals surface area (Å²) in [6, 6.07) is 0. The monoisotopic (exact) mass is 113 g/mol. The second-order valence-electron chi connectivity index (χ2n) is 2.09. The van der Waals surface area contributed by atoms with Gasteiger partial charge in [0, 0.05) is 5.70 Å². The average Bonchev–Trinajstić information content (AvgIpc) is 1.55. The van der Waals surface area contributed by atoms with Crippen LogP contribution in [0.15, 0.2) is 11.8 Å². The number of aliphatic hydroxyl groups excluding tert-OH is 1. The molecular weight excluding hydrogens is 102 g/mol. The van der Waals surface area contributed by atoms with Crippen LogP contribution in [0, 0.1) is 0 Å². The lowest BCUT2D eigenvalue weighted by Gasteiger charge is -2.18. The molecule has 0 saturated carbocycles. The molecule has 1 atom stereocenters. The maximum Gasteiger partial charge on any atom is 0.121 e. The molecule has 1 unspecified atom stereocenters. The van der Waals surface area contributed by atoms with Crippen LogP contribution in [0.1, 0.15) is 19.8 Å². The predicted octanol–water partition coefficient (Wildman–Crippen LogP) is 0.592. The smallest absolute Gasteiger partial charge is 0.121 e. The van der Waals surface area contributed by atoms with Crippen LogP contribution in [0.5, 0.6) is 0 Å². The third kappa shape index (κ3) is 1.23. The van der Waals surface area contributed by atoms with E-state index in [0.717, 1.165) is 12.8 Å². The van der Waals surface area contributed by atoms with Gasteiger partial charge in [0.05, 0.1) is 0 Å².